The van der Waals surface area contributed by atoms with Crippen LogP contribution in [0, 0.1) is 0 Å². The van der Waals surface area contributed by atoms with Gasteiger partial charge in [-0.2, -0.15) is 0 Å². The quantitative estimate of drug-likeness (QED) is 0.882. The van der Waals surface area contributed by atoms with Crippen LogP contribution in [0.1, 0.15) is 11.3 Å². The summed E-state index contributed by atoms with van der Waals surface area (Å²) in [5, 5.41) is 3.51. The van der Waals surface area contributed by atoms with Gasteiger partial charge in [0.15, 0.2) is 4.47 Å². The molecule has 1 aliphatic rings. The topological polar surface area (TPSA) is 42.0 Å². The minimum absolute atomic E-state index is 0.302. The molecular weight excluding hydrogens is 240 g/mol. The first-order chi connectivity index (χ1) is 6.75. The molecule has 0 aromatic carbocycles. The van der Waals surface area contributed by atoms with Gasteiger partial charge < -0.3 is 5.32 Å². The van der Waals surface area contributed by atoms with E-state index in [1.54, 1.807) is 6.20 Å². The Morgan fingerprint density at radius 1 is 1.79 bits per heavy atom. The van der Waals surface area contributed by atoms with Gasteiger partial charge in [0.2, 0.25) is 0 Å². The molecule has 2 rings (SSSR count). The van der Waals surface area contributed by atoms with Crippen molar-refractivity contribution >= 4 is 33.7 Å². The molecule has 1 fully saturated rings. The van der Waals surface area contributed by atoms with E-state index < -0.39 is 10.8 Å². The number of thiazole rings is 1. The largest absolute Gasteiger partial charge is 0.315 e. The third kappa shape index (κ3) is 2.53. The van der Waals surface area contributed by atoms with Crippen molar-refractivity contribution in [1.29, 1.82) is 0 Å². The van der Waals surface area contributed by atoms with E-state index in [1.807, 2.05) is 0 Å². The van der Waals surface area contributed by atoms with Gasteiger partial charge in [0.1, 0.15) is 0 Å². The molecule has 2 heterocycles. The van der Waals surface area contributed by atoms with Crippen LogP contribution in [0.3, 0.4) is 0 Å². The molecule has 0 unspecified atom stereocenters. The first-order valence-corrected chi connectivity index (χ1v) is 7.01. The number of nitrogens with one attached hydrogen (secondary N) is 1. The first kappa shape index (κ1) is 10.5. The van der Waals surface area contributed by atoms with Crippen molar-refractivity contribution in [1.82, 2.24) is 10.3 Å². The second kappa shape index (κ2) is 4.70. The number of hydrogen-bond donors (Lipinski definition) is 1. The van der Waals surface area contributed by atoms with Gasteiger partial charge in [0.05, 0.1) is 5.75 Å². The minimum atomic E-state index is -0.784. The standard InChI is InChI=1S/C8H11ClN2OS2/c9-8-11-3-6(13-8)5-14(12)7-1-2-10-4-7/h3,7,10H,1-2,4-5H2/t7-,14-/m1/s1. The van der Waals surface area contributed by atoms with Gasteiger partial charge in [-0.05, 0) is 13.0 Å². The van der Waals surface area contributed by atoms with Crippen LogP contribution in [0.25, 0.3) is 0 Å². The summed E-state index contributed by atoms with van der Waals surface area (Å²) in [6.07, 6.45) is 2.73. The summed E-state index contributed by atoms with van der Waals surface area (Å²) >= 11 is 7.12. The average molecular weight is 251 g/mol. The summed E-state index contributed by atoms with van der Waals surface area (Å²) in [4.78, 5) is 4.94. The summed E-state index contributed by atoms with van der Waals surface area (Å²) in [6, 6.07) is 0. The van der Waals surface area contributed by atoms with E-state index in [2.05, 4.69) is 10.3 Å². The van der Waals surface area contributed by atoms with Gasteiger partial charge in [-0.3, -0.25) is 4.21 Å². The van der Waals surface area contributed by atoms with Crippen LogP contribution in [0.15, 0.2) is 6.20 Å². The lowest BCUT2D eigenvalue weighted by molar-refractivity contribution is 0.672. The summed E-state index contributed by atoms with van der Waals surface area (Å²) in [5.41, 5.74) is 0. The molecule has 1 aromatic rings. The fourth-order valence-corrected chi connectivity index (χ4v) is 4.09. The maximum absolute atomic E-state index is 11.8. The zero-order chi connectivity index (χ0) is 9.97. The minimum Gasteiger partial charge on any atom is -0.315 e. The lowest BCUT2D eigenvalue weighted by Crippen LogP contribution is -2.19. The molecule has 1 N–H and O–H groups in total. The van der Waals surface area contributed by atoms with E-state index in [0.29, 0.717) is 15.5 Å². The molecule has 6 heteroatoms. The third-order valence-corrected chi connectivity index (χ3v) is 5.24. The molecule has 2 atom stereocenters. The lowest BCUT2D eigenvalue weighted by atomic mass is 10.4. The Hall–Kier alpha value is 0.0300. The van der Waals surface area contributed by atoms with Crippen molar-refractivity contribution in [2.75, 3.05) is 13.1 Å². The van der Waals surface area contributed by atoms with Crippen molar-refractivity contribution < 1.29 is 4.21 Å². The molecule has 78 valence electrons. The zero-order valence-electron chi connectivity index (χ0n) is 7.53. The van der Waals surface area contributed by atoms with E-state index in [0.717, 1.165) is 24.4 Å². The predicted octanol–water partition coefficient (Wildman–Crippen LogP) is 1.41. The number of nitrogens with zero attached hydrogens (tertiary/aromatic N) is 1. The number of hydrogen-bond acceptors (Lipinski definition) is 4. The zero-order valence-corrected chi connectivity index (χ0v) is 9.92. The second-order valence-electron chi connectivity index (χ2n) is 3.22. The summed E-state index contributed by atoms with van der Waals surface area (Å²) in [6.45, 7) is 1.86. The fourth-order valence-electron chi connectivity index (χ4n) is 1.46. The van der Waals surface area contributed by atoms with E-state index >= 15 is 0 Å². The molecule has 0 aliphatic carbocycles. The van der Waals surface area contributed by atoms with Crippen molar-refractivity contribution in [2.45, 2.75) is 17.4 Å². The summed E-state index contributed by atoms with van der Waals surface area (Å²) in [5.74, 6) is 0.594. The van der Waals surface area contributed by atoms with Crippen molar-refractivity contribution in [2.24, 2.45) is 0 Å². The maximum Gasteiger partial charge on any atom is 0.183 e. The Labute approximate surface area is 94.3 Å². The smallest absolute Gasteiger partial charge is 0.183 e. The highest BCUT2D eigenvalue weighted by molar-refractivity contribution is 7.85. The van der Waals surface area contributed by atoms with Crippen LogP contribution in [0.5, 0.6) is 0 Å². The molecule has 0 radical (unpaired) electrons. The van der Waals surface area contributed by atoms with E-state index in [9.17, 15) is 4.21 Å². The summed E-state index contributed by atoms with van der Waals surface area (Å²) < 4.78 is 12.4. The third-order valence-electron chi connectivity index (χ3n) is 2.20. The Morgan fingerprint density at radius 2 is 2.64 bits per heavy atom. The van der Waals surface area contributed by atoms with Crippen LogP contribution < -0.4 is 5.32 Å². The second-order valence-corrected chi connectivity index (χ2v) is 6.63. The first-order valence-electron chi connectivity index (χ1n) is 4.44. The SMILES string of the molecule is O=[S@](Cc1cnc(Cl)s1)[C@@H]1CCNC1. The highest BCUT2D eigenvalue weighted by Gasteiger charge is 2.21. The molecule has 0 spiro atoms. The van der Waals surface area contributed by atoms with Gasteiger partial charge >= 0.3 is 0 Å². The normalized spacial score (nSPS) is 23.9. The molecule has 0 amide bonds. The van der Waals surface area contributed by atoms with Crippen LogP contribution >= 0.6 is 22.9 Å². The Bertz CT molecular complexity index is 336. The van der Waals surface area contributed by atoms with Crippen molar-refractivity contribution in [3.05, 3.63) is 15.5 Å². The van der Waals surface area contributed by atoms with Crippen LogP contribution in [0.2, 0.25) is 4.47 Å². The highest BCUT2D eigenvalue weighted by Crippen LogP contribution is 2.21. The van der Waals surface area contributed by atoms with Gasteiger partial charge in [-0.25, -0.2) is 4.98 Å². The molecule has 1 saturated heterocycles. The maximum atomic E-state index is 11.8. The fraction of sp³-hybridized carbons (Fsp3) is 0.625. The molecule has 3 nitrogen and oxygen atoms in total. The molecule has 0 saturated carbocycles. The Morgan fingerprint density at radius 3 is 3.21 bits per heavy atom. The van der Waals surface area contributed by atoms with Gasteiger partial charge in [-0.15, -0.1) is 11.3 Å². The molecule has 1 aliphatic heterocycles. The van der Waals surface area contributed by atoms with E-state index in [-0.39, 0.29) is 0 Å². The van der Waals surface area contributed by atoms with Crippen LogP contribution in [-0.4, -0.2) is 27.5 Å². The van der Waals surface area contributed by atoms with Crippen LogP contribution in [0.4, 0.5) is 0 Å². The van der Waals surface area contributed by atoms with Gasteiger partial charge in [0.25, 0.3) is 0 Å². The monoisotopic (exact) mass is 250 g/mol. The van der Waals surface area contributed by atoms with Gasteiger partial charge in [0, 0.05) is 33.7 Å². The summed E-state index contributed by atoms with van der Waals surface area (Å²) in [7, 11) is -0.784. The average Bonchev–Trinajstić information content (AvgIpc) is 2.75. The Balaban J connectivity index is 1.93. The Kier molecular flexibility index (Phi) is 3.54. The van der Waals surface area contributed by atoms with E-state index in [1.165, 1.54) is 11.3 Å². The predicted molar refractivity (Wildman–Crippen MR) is 60.2 cm³/mol. The van der Waals surface area contributed by atoms with Crippen molar-refractivity contribution in [3.8, 4) is 0 Å². The van der Waals surface area contributed by atoms with Gasteiger partial charge in [-0.1, -0.05) is 11.6 Å². The molecule has 0 bridgehead atoms. The molecule has 1 aromatic heterocycles. The van der Waals surface area contributed by atoms with E-state index in [4.69, 9.17) is 11.6 Å². The molecular formula is C8H11ClN2OS2. The highest BCUT2D eigenvalue weighted by atomic mass is 35.5. The van der Waals surface area contributed by atoms with Crippen LogP contribution in [-0.2, 0) is 16.6 Å². The van der Waals surface area contributed by atoms with Crippen molar-refractivity contribution in [3.63, 3.8) is 0 Å². The molecule has 14 heavy (non-hydrogen) atoms. The number of aromatic nitrogens is 1. The lowest BCUT2D eigenvalue weighted by Gasteiger charge is -2.06. The number of rotatable bonds is 3. The number of halogens is 1.